The van der Waals surface area contributed by atoms with Crippen LogP contribution in [0.5, 0.6) is 0 Å². The van der Waals surface area contributed by atoms with E-state index in [0.29, 0.717) is 18.0 Å². The van der Waals surface area contributed by atoms with E-state index in [1.807, 2.05) is 27.0 Å². The molecule has 0 spiro atoms. The first-order chi connectivity index (χ1) is 9.94. The second kappa shape index (κ2) is 6.90. The Balaban J connectivity index is 2.09. The number of aryl methyl sites for hydroxylation is 1. The molecule has 0 amide bonds. The van der Waals surface area contributed by atoms with Crippen LogP contribution in [-0.4, -0.2) is 22.0 Å². The maximum absolute atomic E-state index is 12.5. The van der Waals surface area contributed by atoms with Crippen molar-refractivity contribution in [2.24, 2.45) is 5.92 Å². The molecule has 2 rings (SSSR count). The molecule has 0 bridgehead atoms. The summed E-state index contributed by atoms with van der Waals surface area (Å²) in [5.74, 6) is 0.845. The first-order valence-electron chi connectivity index (χ1n) is 7.68. The summed E-state index contributed by atoms with van der Waals surface area (Å²) in [6.07, 6.45) is 4.70. The second-order valence-electron chi connectivity index (χ2n) is 6.05. The number of sulfonamides is 1. The molecule has 5 heteroatoms. The summed E-state index contributed by atoms with van der Waals surface area (Å²) in [5, 5.41) is 3.07. The molecule has 118 valence electrons. The maximum Gasteiger partial charge on any atom is 0.240 e. The van der Waals surface area contributed by atoms with Crippen LogP contribution in [0.4, 0.5) is 0 Å². The van der Waals surface area contributed by atoms with Crippen molar-refractivity contribution in [3.8, 4) is 0 Å². The number of hydrogen-bond donors (Lipinski definition) is 2. The van der Waals surface area contributed by atoms with E-state index in [-0.39, 0.29) is 0 Å². The lowest BCUT2D eigenvalue weighted by molar-refractivity contribution is 0.571. The van der Waals surface area contributed by atoms with E-state index in [1.165, 1.54) is 12.8 Å². The zero-order chi connectivity index (χ0) is 15.5. The smallest absolute Gasteiger partial charge is 0.240 e. The highest BCUT2D eigenvalue weighted by Gasteiger charge is 2.22. The minimum atomic E-state index is -3.41. The molecule has 1 aromatic rings. The molecule has 1 aliphatic carbocycles. The average Bonchev–Trinajstić information content (AvgIpc) is 3.23. The molecule has 0 aliphatic heterocycles. The third kappa shape index (κ3) is 4.53. The fourth-order valence-corrected chi connectivity index (χ4v) is 4.01. The van der Waals surface area contributed by atoms with E-state index >= 15 is 0 Å². The van der Waals surface area contributed by atoms with E-state index in [2.05, 4.69) is 10.0 Å². The molecule has 1 fully saturated rings. The predicted molar refractivity (Wildman–Crippen MR) is 85.8 cm³/mol. The SMILES string of the molecule is CNCc1cc(C)c(C)c(S(=O)(=O)NCCCC2CC2)c1. The highest BCUT2D eigenvalue weighted by atomic mass is 32.2. The van der Waals surface area contributed by atoms with Crippen molar-refractivity contribution in [1.29, 1.82) is 0 Å². The largest absolute Gasteiger partial charge is 0.316 e. The molecule has 0 saturated heterocycles. The van der Waals surface area contributed by atoms with Gasteiger partial charge in [-0.05, 0) is 62.4 Å². The quantitative estimate of drug-likeness (QED) is 0.725. The van der Waals surface area contributed by atoms with Crippen molar-refractivity contribution >= 4 is 10.0 Å². The Hall–Kier alpha value is -0.910. The first kappa shape index (κ1) is 16.5. The molecule has 0 radical (unpaired) electrons. The molecule has 1 saturated carbocycles. The summed E-state index contributed by atoms with van der Waals surface area (Å²) in [5.41, 5.74) is 2.85. The van der Waals surface area contributed by atoms with Gasteiger partial charge in [0.25, 0.3) is 0 Å². The average molecular weight is 310 g/mol. The number of nitrogens with one attached hydrogen (secondary N) is 2. The fourth-order valence-electron chi connectivity index (χ4n) is 2.57. The molecule has 21 heavy (non-hydrogen) atoms. The van der Waals surface area contributed by atoms with Crippen molar-refractivity contribution in [2.45, 2.75) is 51.0 Å². The van der Waals surface area contributed by atoms with Gasteiger partial charge < -0.3 is 5.32 Å². The summed E-state index contributed by atoms with van der Waals surface area (Å²) >= 11 is 0. The first-order valence-corrected chi connectivity index (χ1v) is 9.16. The molecule has 0 heterocycles. The van der Waals surface area contributed by atoms with E-state index in [1.54, 1.807) is 6.07 Å². The van der Waals surface area contributed by atoms with Gasteiger partial charge in [0.1, 0.15) is 0 Å². The van der Waals surface area contributed by atoms with Crippen LogP contribution in [0.1, 0.15) is 42.4 Å². The Morgan fingerprint density at radius 2 is 1.95 bits per heavy atom. The standard InChI is InChI=1S/C16H26N2O2S/c1-12-9-15(11-17-3)10-16(13(12)2)21(19,20)18-8-4-5-14-6-7-14/h9-10,14,17-18H,4-8,11H2,1-3H3. The van der Waals surface area contributed by atoms with Crippen molar-refractivity contribution in [2.75, 3.05) is 13.6 Å². The van der Waals surface area contributed by atoms with Crippen LogP contribution < -0.4 is 10.0 Å². The van der Waals surface area contributed by atoms with Gasteiger partial charge in [-0.1, -0.05) is 18.9 Å². The van der Waals surface area contributed by atoms with Gasteiger partial charge in [-0.25, -0.2) is 13.1 Å². The summed E-state index contributed by atoms with van der Waals surface area (Å²) < 4.78 is 27.7. The monoisotopic (exact) mass is 310 g/mol. The zero-order valence-electron chi connectivity index (χ0n) is 13.2. The highest BCUT2D eigenvalue weighted by molar-refractivity contribution is 7.89. The molecule has 1 aromatic carbocycles. The Kier molecular flexibility index (Phi) is 5.41. The number of benzene rings is 1. The van der Waals surface area contributed by atoms with Gasteiger partial charge in [-0.15, -0.1) is 0 Å². The summed E-state index contributed by atoms with van der Waals surface area (Å²) in [7, 11) is -1.55. The third-order valence-corrected chi connectivity index (χ3v) is 5.72. The second-order valence-corrected chi connectivity index (χ2v) is 7.78. The van der Waals surface area contributed by atoms with E-state index in [4.69, 9.17) is 0 Å². The van der Waals surface area contributed by atoms with Gasteiger partial charge in [0, 0.05) is 13.1 Å². The van der Waals surface area contributed by atoms with Crippen molar-refractivity contribution in [3.05, 3.63) is 28.8 Å². The number of rotatable bonds is 8. The molecule has 0 aromatic heterocycles. The molecular formula is C16H26N2O2S. The van der Waals surface area contributed by atoms with Gasteiger partial charge in [0.2, 0.25) is 10.0 Å². The van der Waals surface area contributed by atoms with E-state index in [9.17, 15) is 8.42 Å². The topological polar surface area (TPSA) is 58.2 Å². The summed E-state index contributed by atoms with van der Waals surface area (Å²) in [6.45, 7) is 5.04. The lowest BCUT2D eigenvalue weighted by Crippen LogP contribution is -2.26. The van der Waals surface area contributed by atoms with Crippen LogP contribution in [0.15, 0.2) is 17.0 Å². The van der Waals surface area contributed by atoms with E-state index in [0.717, 1.165) is 35.4 Å². The Morgan fingerprint density at radius 3 is 2.57 bits per heavy atom. The predicted octanol–water partition coefficient (Wildman–Crippen LogP) is 2.49. The van der Waals surface area contributed by atoms with Gasteiger partial charge in [0.05, 0.1) is 4.90 Å². The highest BCUT2D eigenvalue weighted by Crippen LogP contribution is 2.33. The van der Waals surface area contributed by atoms with Crippen molar-refractivity contribution < 1.29 is 8.42 Å². The van der Waals surface area contributed by atoms with Crippen LogP contribution in [0, 0.1) is 19.8 Å². The molecule has 0 atom stereocenters. The van der Waals surface area contributed by atoms with Crippen LogP contribution in [0.2, 0.25) is 0 Å². The van der Waals surface area contributed by atoms with Crippen LogP contribution >= 0.6 is 0 Å². The third-order valence-electron chi connectivity index (χ3n) is 4.13. The lowest BCUT2D eigenvalue weighted by Gasteiger charge is -2.13. The van der Waals surface area contributed by atoms with Crippen molar-refractivity contribution in [1.82, 2.24) is 10.0 Å². The van der Waals surface area contributed by atoms with Gasteiger partial charge in [-0.2, -0.15) is 0 Å². The fraction of sp³-hybridized carbons (Fsp3) is 0.625. The van der Waals surface area contributed by atoms with Crippen LogP contribution in [0.25, 0.3) is 0 Å². The lowest BCUT2D eigenvalue weighted by atomic mass is 10.1. The van der Waals surface area contributed by atoms with Gasteiger partial charge in [0.15, 0.2) is 0 Å². The molecule has 1 aliphatic rings. The normalized spacial score (nSPS) is 15.4. The van der Waals surface area contributed by atoms with Gasteiger partial charge in [-0.3, -0.25) is 0 Å². The molecule has 0 unspecified atom stereocenters. The Labute approximate surface area is 128 Å². The molecule has 2 N–H and O–H groups in total. The molecule has 4 nitrogen and oxygen atoms in total. The summed E-state index contributed by atoms with van der Waals surface area (Å²) in [6, 6.07) is 3.82. The molecular weight excluding hydrogens is 284 g/mol. The Morgan fingerprint density at radius 1 is 1.24 bits per heavy atom. The minimum absolute atomic E-state index is 0.416. The summed E-state index contributed by atoms with van der Waals surface area (Å²) in [4.78, 5) is 0.416. The van der Waals surface area contributed by atoms with Crippen LogP contribution in [0.3, 0.4) is 0 Å². The van der Waals surface area contributed by atoms with Gasteiger partial charge >= 0.3 is 0 Å². The Bertz CT molecular complexity index is 593. The number of hydrogen-bond acceptors (Lipinski definition) is 3. The van der Waals surface area contributed by atoms with Crippen molar-refractivity contribution in [3.63, 3.8) is 0 Å². The minimum Gasteiger partial charge on any atom is -0.316 e. The van der Waals surface area contributed by atoms with E-state index < -0.39 is 10.0 Å². The zero-order valence-corrected chi connectivity index (χ0v) is 14.0. The maximum atomic E-state index is 12.5. The van der Waals surface area contributed by atoms with Crippen LogP contribution in [-0.2, 0) is 16.6 Å².